The molecule has 1 aliphatic carbocycles. The van der Waals surface area contributed by atoms with Gasteiger partial charge in [-0.2, -0.15) is 0 Å². The number of rotatable bonds is 5. The summed E-state index contributed by atoms with van der Waals surface area (Å²) in [6, 6.07) is 4.76. The number of hydrogen-bond acceptors (Lipinski definition) is 3. The summed E-state index contributed by atoms with van der Waals surface area (Å²) < 4.78 is 39.7. The largest absolute Gasteiger partial charge is 0.329 e. The molecule has 0 saturated heterocycles. The van der Waals surface area contributed by atoms with Crippen molar-refractivity contribution < 1.29 is 12.8 Å². The van der Waals surface area contributed by atoms with Gasteiger partial charge >= 0.3 is 0 Å². The van der Waals surface area contributed by atoms with Crippen LogP contribution in [-0.2, 0) is 10.0 Å². The summed E-state index contributed by atoms with van der Waals surface area (Å²) in [6.45, 7) is 2.06. The molecule has 0 aliphatic heterocycles. The minimum Gasteiger partial charge on any atom is -0.329 e. The quantitative estimate of drug-likeness (QED) is 0.869. The van der Waals surface area contributed by atoms with Gasteiger partial charge in [0.2, 0.25) is 10.0 Å². The smallest absolute Gasteiger partial charge is 0.241 e. The van der Waals surface area contributed by atoms with Crippen LogP contribution < -0.4 is 10.5 Å². The van der Waals surface area contributed by atoms with E-state index in [2.05, 4.69) is 4.72 Å². The molecule has 0 aromatic heterocycles. The van der Waals surface area contributed by atoms with Gasteiger partial charge in [0, 0.05) is 12.1 Å². The van der Waals surface area contributed by atoms with Crippen molar-refractivity contribution in [3.05, 3.63) is 30.1 Å². The molecule has 1 unspecified atom stereocenters. The lowest BCUT2D eigenvalue weighted by Gasteiger charge is -2.29. The zero-order valence-electron chi connectivity index (χ0n) is 10.6. The van der Waals surface area contributed by atoms with E-state index in [0.29, 0.717) is 0 Å². The number of nitrogens with two attached hydrogens (primary N) is 1. The maximum atomic E-state index is 12.8. The van der Waals surface area contributed by atoms with Crippen LogP contribution in [0, 0.1) is 11.7 Å². The Labute approximate surface area is 119 Å². The van der Waals surface area contributed by atoms with Crippen molar-refractivity contribution in [1.82, 2.24) is 4.72 Å². The molecule has 1 saturated carbocycles. The van der Waals surface area contributed by atoms with Crippen LogP contribution in [0.4, 0.5) is 4.39 Å². The topological polar surface area (TPSA) is 72.2 Å². The van der Waals surface area contributed by atoms with E-state index < -0.39 is 21.4 Å². The van der Waals surface area contributed by atoms with Crippen molar-refractivity contribution in [3.8, 4) is 0 Å². The molecule has 0 radical (unpaired) electrons. The molecule has 0 spiro atoms. The first-order valence-electron chi connectivity index (χ1n) is 5.87. The van der Waals surface area contributed by atoms with Crippen LogP contribution in [0.15, 0.2) is 29.2 Å². The summed E-state index contributed by atoms with van der Waals surface area (Å²) in [5, 5.41) is 0. The van der Waals surface area contributed by atoms with Gasteiger partial charge in [0.25, 0.3) is 0 Å². The second-order valence-corrected chi connectivity index (χ2v) is 6.64. The molecule has 108 valence electrons. The maximum Gasteiger partial charge on any atom is 0.241 e. The molecule has 7 heteroatoms. The van der Waals surface area contributed by atoms with Crippen LogP contribution >= 0.6 is 12.4 Å². The van der Waals surface area contributed by atoms with Crippen molar-refractivity contribution in [1.29, 1.82) is 0 Å². The van der Waals surface area contributed by atoms with Crippen LogP contribution in [0.3, 0.4) is 0 Å². The summed E-state index contributed by atoms with van der Waals surface area (Å²) in [5.74, 6) is -0.171. The fourth-order valence-corrected chi connectivity index (χ4v) is 3.47. The predicted molar refractivity (Wildman–Crippen MR) is 74.2 cm³/mol. The van der Waals surface area contributed by atoms with Crippen LogP contribution in [0.25, 0.3) is 0 Å². The number of nitrogens with one attached hydrogen (secondary N) is 1. The van der Waals surface area contributed by atoms with E-state index in [4.69, 9.17) is 5.73 Å². The van der Waals surface area contributed by atoms with E-state index in [1.165, 1.54) is 12.1 Å². The first-order chi connectivity index (χ1) is 8.37. The first-order valence-corrected chi connectivity index (χ1v) is 7.35. The van der Waals surface area contributed by atoms with E-state index in [9.17, 15) is 12.8 Å². The Balaban J connectivity index is 0.00000180. The van der Waals surface area contributed by atoms with E-state index in [1.54, 1.807) is 0 Å². The zero-order chi connectivity index (χ0) is 13.4. The van der Waals surface area contributed by atoms with Crippen molar-refractivity contribution in [2.45, 2.75) is 30.2 Å². The highest BCUT2D eigenvalue weighted by Crippen LogP contribution is 2.39. The Morgan fingerprint density at radius 1 is 1.37 bits per heavy atom. The Bertz CT molecular complexity index is 531. The van der Waals surface area contributed by atoms with Gasteiger partial charge in [-0.1, -0.05) is 0 Å². The van der Waals surface area contributed by atoms with Crippen molar-refractivity contribution in [2.75, 3.05) is 6.54 Å². The zero-order valence-corrected chi connectivity index (χ0v) is 12.2. The van der Waals surface area contributed by atoms with Gasteiger partial charge in [0.05, 0.1) is 4.90 Å². The molecule has 3 N–H and O–H groups in total. The standard InChI is InChI=1S/C12H17FN2O2S.ClH/c1-12(8-14,9-2-3-9)15-18(16,17)11-6-4-10(13)5-7-11;/h4-7,9,15H,2-3,8,14H2,1H3;1H. The Kier molecular flexibility index (Phi) is 4.95. The van der Waals surface area contributed by atoms with Crippen molar-refractivity contribution in [2.24, 2.45) is 11.7 Å². The molecule has 0 heterocycles. The third-order valence-corrected chi connectivity index (χ3v) is 5.02. The van der Waals surface area contributed by atoms with E-state index in [0.717, 1.165) is 25.0 Å². The van der Waals surface area contributed by atoms with Gasteiger partial charge in [-0.05, 0) is 49.9 Å². The molecule has 1 aliphatic rings. The van der Waals surface area contributed by atoms with Crippen LogP contribution in [0.1, 0.15) is 19.8 Å². The first kappa shape index (κ1) is 16.4. The van der Waals surface area contributed by atoms with Gasteiger partial charge in [0.15, 0.2) is 0 Å². The van der Waals surface area contributed by atoms with Crippen LogP contribution in [-0.4, -0.2) is 20.5 Å². The summed E-state index contributed by atoms with van der Waals surface area (Å²) in [5.41, 5.74) is 5.05. The molecule has 1 aromatic carbocycles. The molecule has 19 heavy (non-hydrogen) atoms. The van der Waals surface area contributed by atoms with Crippen LogP contribution in [0.5, 0.6) is 0 Å². The average Bonchev–Trinajstić information content (AvgIpc) is 3.13. The highest BCUT2D eigenvalue weighted by Gasteiger charge is 2.43. The Morgan fingerprint density at radius 2 is 1.89 bits per heavy atom. The summed E-state index contributed by atoms with van der Waals surface area (Å²) in [6.07, 6.45) is 1.97. The maximum absolute atomic E-state index is 12.8. The van der Waals surface area contributed by atoms with Crippen molar-refractivity contribution in [3.63, 3.8) is 0 Å². The predicted octanol–water partition coefficient (Wildman–Crippen LogP) is 1.65. The fourth-order valence-electron chi connectivity index (χ4n) is 1.99. The monoisotopic (exact) mass is 308 g/mol. The SMILES string of the molecule is CC(CN)(NS(=O)(=O)c1ccc(F)cc1)C1CC1.Cl. The van der Waals surface area contributed by atoms with Crippen molar-refractivity contribution >= 4 is 22.4 Å². The highest BCUT2D eigenvalue weighted by molar-refractivity contribution is 7.89. The van der Waals surface area contributed by atoms with Gasteiger partial charge in [-0.15, -0.1) is 12.4 Å². The normalized spacial score (nSPS) is 18.5. The van der Waals surface area contributed by atoms with Gasteiger partial charge in [-0.3, -0.25) is 0 Å². The van der Waals surface area contributed by atoms with E-state index >= 15 is 0 Å². The average molecular weight is 309 g/mol. The third-order valence-electron chi connectivity index (χ3n) is 3.39. The van der Waals surface area contributed by atoms with Gasteiger partial charge < -0.3 is 5.73 Å². The number of halogens is 2. The number of hydrogen-bond donors (Lipinski definition) is 2. The second kappa shape index (κ2) is 5.75. The lowest BCUT2D eigenvalue weighted by molar-refractivity contribution is 0.374. The molecule has 0 bridgehead atoms. The summed E-state index contributed by atoms with van der Waals surface area (Å²) in [4.78, 5) is 0.0595. The van der Waals surface area contributed by atoms with Gasteiger partial charge in [0.1, 0.15) is 5.82 Å². The molecule has 0 amide bonds. The number of sulfonamides is 1. The summed E-state index contributed by atoms with van der Waals surface area (Å²) >= 11 is 0. The number of benzene rings is 1. The lowest BCUT2D eigenvalue weighted by atomic mass is 9.98. The third kappa shape index (κ3) is 3.66. The molecule has 4 nitrogen and oxygen atoms in total. The lowest BCUT2D eigenvalue weighted by Crippen LogP contribution is -2.52. The molecule has 1 aromatic rings. The van der Waals surface area contributed by atoms with Gasteiger partial charge in [-0.25, -0.2) is 17.5 Å². The second-order valence-electron chi connectivity index (χ2n) is 4.96. The summed E-state index contributed by atoms with van der Waals surface area (Å²) in [7, 11) is -3.65. The van der Waals surface area contributed by atoms with E-state index in [-0.39, 0.29) is 29.8 Å². The molecular formula is C12H18ClFN2O2S. The molecule has 2 rings (SSSR count). The Morgan fingerprint density at radius 3 is 2.32 bits per heavy atom. The van der Waals surface area contributed by atoms with E-state index in [1.807, 2.05) is 6.92 Å². The minimum atomic E-state index is -3.65. The fraction of sp³-hybridized carbons (Fsp3) is 0.500. The molecule has 1 atom stereocenters. The molecule has 1 fully saturated rings. The minimum absolute atomic E-state index is 0. The Hall–Kier alpha value is -0.690. The highest BCUT2D eigenvalue weighted by atomic mass is 35.5. The molecular weight excluding hydrogens is 291 g/mol. The van der Waals surface area contributed by atoms with Crippen LogP contribution in [0.2, 0.25) is 0 Å².